The molecule has 0 amide bonds. The second-order valence-corrected chi connectivity index (χ2v) is 6.39. The SMILES string of the molecule is Cc1nn(-c2c(Cl)cccc2CNCC(C)C)c(C)c1C. The number of para-hydroxylation sites is 1. The summed E-state index contributed by atoms with van der Waals surface area (Å²) in [5, 5.41) is 8.87. The van der Waals surface area contributed by atoms with Crippen LogP contribution in [0.3, 0.4) is 0 Å². The summed E-state index contributed by atoms with van der Waals surface area (Å²) < 4.78 is 1.97. The molecule has 1 aromatic heterocycles. The Labute approximate surface area is 132 Å². The van der Waals surface area contributed by atoms with Gasteiger partial charge in [0.15, 0.2) is 0 Å². The summed E-state index contributed by atoms with van der Waals surface area (Å²) in [6.45, 7) is 12.4. The van der Waals surface area contributed by atoms with Crippen LogP contribution in [-0.4, -0.2) is 16.3 Å². The smallest absolute Gasteiger partial charge is 0.0879 e. The van der Waals surface area contributed by atoms with Crippen LogP contribution < -0.4 is 5.32 Å². The highest BCUT2D eigenvalue weighted by Crippen LogP contribution is 2.27. The Morgan fingerprint density at radius 2 is 1.95 bits per heavy atom. The standard InChI is InChI=1S/C17H24ClN3/c1-11(2)9-19-10-15-7-6-8-16(18)17(15)21-14(5)12(3)13(4)20-21/h6-8,11,19H,9-10H2,1-5H3. The van der Waals surface area contributed by atoms with E-state index in [2.05, 4.69) is 44.2 Å². The van der Waals surface area contributed by atoms with Crippen molar-refractivity contribution < 1.29 is 0 Å². The maximum atomic E-state index is 6.45. The molecule has 1 aromatic carbocycles. The molecule has 0 saturated heterocycles. The van der Waals surface area contributed by atoms with Crippen LogP contribution in [-0.2, 0) is 6.54 Å². The molecular formula is C17H24ClN3. The zero-order chi connectivity index (χ0) is 15.6. The summed E-state index contributed by atoms with van der Waals surface area (Å²) in [6.07, 6.45) is 0. The summed E-state index contributed by atoms with van der Waals surface area (Å²) in [5.41, 5.74) is 5.58. The Morgan fingerprint density at radius 1 is 1.24 bits per heavy atom. The quantitative estimate of drug-likeness (QED) is 0.897. The molecule has 0 aliphatic heterocycles. The van der Waals surface area contributed by atoms with E-state index >= 15 is 0 Å². The molecule has 0 aliphatic carbocycles. The van der Waals surface area contributed by atoms with E-state index in [0.29, 0.717) is 5.92 Å². The van der Waals surface area contributed by atoms with E-state index < -0.39 is 0 Å². The van der Waals surface area contributed by atoms with Gasteiger partial charge in [-0.25, -0.2) is 4.68 Å². The number of benzene rings is 1. The minimum absolute atomic E-state index is 0.628. The third kappa shape index (κ3) is 3.47. The molecule has 4 heteroatoms. The van der Waals surface area contributed by atoms with E-state index in [1.165, 1.54) is 11.1 Å². The van der Waals surface area contributed by atoms with Gasteiger partial charge in [0, 0.05) is 12.2 Å². The van der Waals surface area contributed by atoms with Gasteiger partial charge >= 0.3 is 0 Å². The van der Waals surface area contributed by atoms with E-state index in [9.17, 15) is 0 Å². The fraction of sp³-hybridized carbons (Fsp3) is 0.471. The average Bonchev–Trinajstić information content (AvgIpc) is 2.66. The van der Waals surface area contributed by atoms with Crippen LogP contribution in [0.1, 0.15) is 36.4 Å². The molecule has 114 valence electrons. The van der Waals surface area contributed by atoms with Crippen LogP contribution in [0.4, 0.5) is 0 Å². The fourth-order valence-corrected chi connectivity index (χ4v) is 2.65. The average molecular weight is 306 g/mol. The van der Waals surface area contributed by atoms with Crippen molar-refractivity contribution in [2.24, 2.45) is 5.92 Å². The van der Waals surface area contributed by atoms with Gasteiger partial charge in [-0.05, 0) is 50.4 Å². The lowest BCUT2D eigenvalue weighted by atomic mass is 10.1. The van der Waals surface area contributed by atoms with Gasteiger partial charge in [-0.15, -0.1) is 0 Å². The van der Waals surface area contributed by atoms with Gasteiger partial charge in [0.25, 0.3) is 0 Å². The van der Waals surface area contributed by atoms with Crippen molar-refractivity contribution in [1.82, 2.24) is 15.1 Å². The van der Waals surface area contributed by atoms with Crippen LogP contribution in [0.2, 0.25) is 5.02 Å². The molecule has 2 rings (SSSR count). The van der Waals surface area contributed by atoms with Crippen molar-refractivity contribution in [3.05, 3.63) is 45.7 Å². The van der Waals surface area contributed by atoms with Crippen molar-refractivity contribution in [1.29, 1.82) is 0 Å². The Hall–Kier alpha value is -1.32. The molecule has 0 fully saturated rings. The predicted octanol–water partition coefficient (Wildman–Crippen LogP) is 4.20. The number of nitrogens with zero attached hydrogens (tertiary/aromatic N) is 2. The Bertz CT molecular complexity index is 629. The summed E-state index contributed by atoms with van der Waals surface area (Å²) in [6, 6.07) is 6.03. The van der Waals surface area contributed by atoms with Crippen LogP contribution in [0.25, 0.3) is 5.69 Å². The number of hydrogen-bond donors (Lipinski definition) is 1. The molecule has 3 nitrogen and oxygen atoms in total. The zero-order valence-corrected chi connectivity index (χ0v) is 14.3. The number of aromatic nitrogens is 2. The topological polar surface area (TPSA) is 29.9 Å². The molecule has 0 unspecified atom stereocenters. The highest BCUT2D eigenvalue weighted by atomic mass is 35.5. The van der Waals surface area contributed by atoms with Crippen molar-refractivity contribution in [3.63, 3.8) is 0 Å². The lowest BCUT2D eigenvalue weighted by Crippen LogP contribution is -2.20. The highest BCUT2D eigenvalue weighted by Gasteiger charge is 2.15. The largest absolute Gasteiger partial charge is 0.312 e. The van der Waals surface area contributed by atoms with Crippen molar-refractivity contribution in [2.75, 3.05) is 6.54 Å². The molecule has 0 aliphatic rings. The Morgan fingerprint density at radius 3 is 2.52 bits per heavy atom. The molecule has 0 radical (unpaired) electrons. The first-order chi connectivity index (χ1) is 9.91. The molecule has 1 heterocycles. The van der Waals surface area contributed by atoms with E-state index in [-0.39, 0.29) is 0 Å². The molecule has 0 bridgehead atoms. The first-order valence-corrected chi connectivity index (χ1v) is 7.81. The fourth-order valence-electron chi connectivity index (χ4n) is 2.37. The molecule has 0 spiro atoms. The van der Waals surface area contributed by atoms with E-state index in [0.717, 1.165) is 35.2 Å². The molecule has 1 N–H and O–H groups in total. The number of rotatable bonds is 5. The van der Waals surface area contributed by atoms with Gasteiger partial charge in [0.05, 0.1) is 16.4 Å². The van der Waals surface area contributed by atoms with Crippen molar-refractivity contribution in [3.8, 4) is 5.69 Å². The van der Waals surface area contributed by atoms with E-state index in [4.69, 9.17) is 11.6 Å². The van der Waals surface area contributed by atoms with Crippen LogP contribution in [0.5, 0.6) is 0 Å². The van der Waals surface area contributed by atoms with Crippen LogP contribution in [0, 0.1) is 26.7 Å². The van der Waals surface area contributed by atoms with Crippen molar-refractivity contribution in [2.45, 2.75) is 41.2 Å². The maximum Gasteiger partial charge on any atom is 0.0879 e. The first-order valence-electron chi connectivity index (χ1n) is 7.43. The molecule has 0 saturated carbocycles. The van der Waals surface area contributed by atoms with Gasteiger partial charge < -0.3 is 5.32 Å². The van der Waals surface area contributed by atoms with E-state index in [1.807, 2.05) is 23.7 Å². The van der Waals surface area contributed by atoms with Crippen LogP contribution >= 0.6 is 11.6 Å². The number of hydrogen-bond acceptors (Lipinski definition) is 2. The number of halogens is 1. The minimum Gasteiger partial charge on any atom is -0.312 e. The molecule has 21 heavy (non-hydrogen) atoms. The summed E-state index contributed by atoms with van der Waals surface area (Å²) >= 11 is 6.45. The monoisotopic (exact) mass is 305 g/mol. The third-order valence-electron chi connectivity index (χ3n) is 3.80. The minimum atomic E-state index is 0.628. The Kier molecular flexibility index (Phi) is 5.07. The highest BCUT2D eigenvalue weighted by molar-refractivity contribution is 6.32. The summed E-state index contributed by atoms with van der Waals surface area (Å²) in [7, 11) is 0. The van der Waals surface area contributed by atoms with Gasteiger partial charge in [-0.1, -0.05) is 37.6 Å². The van der Waals surface area contributed by atoms with Crippen LogP contribution in [0.15, 0.2) is 18.2 Å². The lowest BCUT2D eigenvalue weighted by molar-refractivity contribution is 0.551. The van der Waals surface area contributed by atoms with Gasteiger partial charge in [-0.2, -0.15) is 5.10 Å². The van der Waals surface area contributed by atoms with Gasteiger partial charge in [0.2, 0.25) is 0 Å². The third-order valence-corrected chi connectivity index (χ3v) is 4.11. The Balaban J connectivity index is 2.40. The second-order valence-electron chi connectivity index (χ2n) is 5.98. The number of aryl methyl sites for hydroxylation is 1. The van der Waals surface area contributed by atoms with Crippen molar-refractivity contribution >= 4 is 11.6 Å². The van der Waals surface area contributed by atoms with Gasteiger partial charge in [-0.3, -0.25) is 0 Å². The zero-order valence-electron chi connectivity index (χ0n) is 13.5. The first kappa shape index (κ1) is 16.1. The molecule has 2 aromatic rings. The maximum absolute atomic E-state index is 6.45. The summed E-state index contributed by atoms with van der Waals surface area (Å²) in [5.74, 6) is 0.628. The summed E-state index contributed by atoms with van der Waals surface area (Å²) in [4.78, 5) is 0. The normalized spacial score (nSPS) is 11.4. The predicted molar refractivity (Wildman–Crippen MR) is 89.3 cm³/mol. The van der Waals surface area contributed by atoms with Gasteiger partial charge in [0.1, 0.15) is 0 Å². The second kappa shape index (κ2) is 6.63. The molecular weight excluding hydrogens is 282 g/mol. The number of nitrogens with one attached hydrogen (secondary N) is 1. The lowest BCUT2D eigenvalue weighted by Gasteiger charge is -2.15. The van der Waals surface area contributed by atoms with E-state index in [1.54, 1.807) is 0 Å². The molecule has 0 atom stereocenters.